The van der Waals surface area contributed by atoms with Crippen molar-refractivity contribution < 1.29 is 24.8 Å². The van der Waals surface area contributed by atoms with Crippen LogP contribution in [0.3, 0.4) is 0 Å². The highest BCUT2D eigenvalue weighted by atomic mass is 16.5. The Bertz CT molecular complexity index is 734. The molecule has 0 unspecified atom stereocenters. The Kier molecular flexibility index (Phi) is 3.73. The van der Waals surface area contributed by atoms with Crippen LogP contribution in [0.15, 0.2) is 0 Å². The van der Waals surface area contributed by atoms with E-state index in [9.17, 15) is 15.3 Å². The van der Waals surface area contributed by atoms with E-state index >= 15 is 0 Å². The number of nitrogens with zero attached hydrogens (tertiary/aromatic N) is 1. The largest absolute Gasteiger partial charge is 0.392 e. The maximum Gasteiger partial charge on any atom is 0.0831 e. The van der Waals surface area contributed by atoms with Gasteiger partial charge in [0.15, 0.2) is 0 Å². The summed E-state index contributed by atoms with van der Waals surface area (Å²) in [6.45, 7) is 6.45. The molecule has 1 saturated heterocycles. The lowest BCUT2D eigenvalue weighted by Gasteiger charge is -2.71. The standard InChI is InChI=1S/C23H37NO5/c1-5-24-11-20(2)7-6-16(25)23-15(20)8-13(19(23)24)21(26)10-14(28-3)12-9-22(23,27)18(21)17(12)29-4/h12-19,25-27H,5-11H2,1-4H3/t12-,13+,14-,15-,16-,17+,18-,19-,20+,21+,22+,23+/m1/s1. The van der Waals surface area contributed by atoms with Crippen molar-refractivity contribution in [3.8, 4) is 0 Å². The van der Waals surface area contributed by atoms with E-state index in [4.69, 9.17) is 9.47 Å². The summed E-state index contributed by atoms with van der Waals surface area (Å²) in [5.41, 5.74) is -2.65. The van der Waals surface area contributed by atoms with E-state index in [1.54, 1.807) is 14.2 Å². The predicted molar refractivity (Wildman–Crippen MR) is 106 cm³/mol. The normalized spacial score (nSPS) is 65.1. The first-order valence-corrected chi connectivity index (χ1v) is 11.7. The molecule has 1 heterocycles. The van der Waals surface area contributed by atoms with Crippen molar-refractivity contribution in [1.82, 2.24) is 4.90 Å². The highest BCUT2D eigenvalue weighted by Crippen LogP contribution is 2.80. The van der Waals surface area contributed by atoms with Crippen LogP contribution in [-0.2, 0) is 9.47 Å². The van der Waals surface area contributed by atoms with Gasteiger partial charge in [-0.3, -0.25) is 4.90 Å². The number of hydrogen-bond acceptors (Lipinski definition) is 6. The molecule has 0 aromatic heterocycles. The SMILES string of the molecule is CCN1C[C@]2(C)CC[C@@H](O)[C@@]34[C@@H]2C[C@@H]([C@@H]13)[C@@]1(O)C[C@@H](OC)[C@H]2C[C@]4(O)[C@@H]1[C@H]2OC. The van der Waals surface area contributed by atoms with Crippen molar-refractivity contribution in [3.63, 3.8) is 0 Å². The van der Waals surface area contributed by atoms with Crippen LogP contribution in [0.5, 0.6) is 0 Å². The van der Waals surface area contributed by atoms with Gasteiger partial charge in [-0.25, -0.2) is 0 Å². The first kappa shape index (κ1) is 19.4. The van der Waals surface area contributed by atoms with E-state index in [0.717, 1.165) is 32.4 Å². The number of aliphatic hydroxyl groups is 3. The van der Waals surface area contributed by atoms with Crippen LogP contribution in [0.1, 0.15) is 46.0 Å². The Balaban J connectivity index is 1.64. The molecule has 1 spiro atoms. The molecule has 0 aromatic rings. The molecule has 29 heavy (non-hydrogen) atoms. The molecule has 0 aromatic carbocycles. The fourth-order valence-corrected chi connectivity index (χ4v) is 10.4. The van der Waals surface area contributed by atoms with Gasteiger partial charge in [-0.2, -0.15) is 0 Å². The summed E-state index contributed by atoms with van der Waals surface area (Å²) in [6.07, 6.45) is 2.88. The van der Waals surface area contributed by atoms with E-state index in [0.29, 0.717) is 12.8 Å². The van der Waals surface area contributed by atoms with Crippen LogP contribution < -0.4 is 0 Å². The van der Waals surface area contributed by atoms with E-state index in [1.807, 2.05) is 0 Å². The minimum Gasteiger partial charge on any atom is -0.392 e. The monoisotopic (exact) mass is 407 g/mol. The van der Waals surface area contributed by atoms with Crippen molar-refractivity contribution in [2.45, 2.75) is 81.5 Å². The Labute approximate surface area is 173 Å². The van der Waals surface area contributed by atoms with Crippen molar-refractivity contribution in [2.75, 3.05) is 27.3 Å². The lowest BCUT2D eigenvalue weighted by atomic mass is 9.42. The first-order chi connectivity index (χ1) is 13.7. The molecule has 3 N–H and O–H groups in total. The zero-order chi connectivity index (χ0) is 20.6. The molecule has 12 atom stereocenters. The first-order valence-electron chi connectivity index (χ1n) is 11.7. The van der Waals surface area contributed by atoms with Crippen LogP contribution >= 0.6 is 0 Å². The lowest BCUT2D eigenvalue weighted by molar-refractivity contribution is -0.322. The maximum absolute atomic E-state index is 12.7. The molecule has 164 valence electrons. The Morgan fingerprint density at radius 1 is 1.14 bits per heavy atom. The zero-order valence-corrected chi connectivity index (χ0v) is 18.2. The summed E-state index contributed by atoms with van der Waals surface area (Å²) in [7, 11) is 3.42. The summed E-state index contributed by atoms with van der Waals surface area (Å²) in [5, 5.41) is 36.7. The van der Waals surface area contributed by atoms with E-state index < -0.39 is 22.7 Å². The molecular weight excluding hydrogens is 370 g/mol. The molecule has 6 nitrogen and oxygen atoms in total. The fourth-order valence-electron chi connectivity index (χ4n) is 10.4. The van der Waals surface area contributed by atoms with Crippen LogP contribution in [0.2, 0.25) is 0 Å². The van der Waals surface area contributed by atoms with Crippen molar-refractivity contribution in [2.24, 2.45) is 34.5 Å². The Morgan fingerprint density at radius 2 is 1.90 bits per heavy atom. The van der Waals surface area contributed by atoms with Gasteiger partial charge in [-0.05, 0) is 43.6 Å². The average Bonchev–Trinajstić information content (AvgIpc) is 3.14. The molecule has 5 saturated carbocycles. The van der Waals surface area contributed by atoms with Crippen LogP contribution in [0.4, 0.5) is 0 Å². The van der Waals surface area contributed by atoms with Crippen molar-refractivity contribution in [1.29, 1.82) is 0 Å². The molecule has 6 heteroatoms. The second kappa shape index (κ2) is 5.57. The molecule has 0 radical (unpaired) electrons. The number of ether oxygens (including phenoxy) is 2. The van der Waals surface area contributed by atoms with Gasteiger partial charge in [0.05, 0.1) is 29.5 Å². The number of aliphatic hydroxyl groups excluding tert-OH is 1. The lowest BCUT2D eigenvalue weighted by Crippen LogP contribution is -2.81. The van der Waals surface area contributed by atoms with Gasteiger partial charge in [-0.1, -0.05) is 13.8 Å². The van der Waals surface area contributed by atoms with Crippen molar-refractivity contribution >= 4 is 0 Å². The summed E-state index contributed by atoms with van der Waals surface area (Å²) in [4.78, 5) is 2.50. The summed E-state index contributed by atoms with van der Waals surface area (Å²) in [5.74, 6) is -0.00304. The second-order valence-electron chi connectivity index (χ2n) is 11.5. The molecule has 6 fully saturated rings. The smallest absolute Gasteiger partial charge is 0.0831 e. The topological polar surface area (TPSA) is 82.4 Å². The number of hydrogen-bond donors (Lipinski definition) is 3. The third-order valence-electron chi connectivity index (χ3n) is 11.0. The van der Waals surface area contributed by atoms with Gasteiger partial charge in [0.2, 0.25) is 0 Å². The highest BCUT2D eigenvalue weighted by Gasteiger charge is 2.88. The molecule has 0 amide bonds. The highest BCUT2D eigenvalue weighted by molar-refractivity contribution is 5.38. The predicted octanol–water partition coefficient (Wildman–Crippen LogP) is 1.02. The van der Waals surface area contributed by atoms with Gasteiger partial charge in [0.25, 0.3) is 0 Å². The molecule has 5 aliphatic carbocycles. The molecule has 7 bridgehead atoms. The van der Waals surface area contributed by atoms with E-state index in [1.165, 1.54) is 0 Å². The Hall–Kier alpha value is -0.240. The van der Waals surface area contributed by atoms with Gasteiger partial charge >= 0.3 is 0 Å². The number of rotatable bonds is 3. The Morgan fingerprint density at radius 3 is 2.55 bits per heavy atom. The van der Waals surface area contributed by atoms with Crippen molar-refractivity contribution in [3.05, 3.63) is 0 Å². The van der Waals surface area contributed by atoms with E-state index in [2.05, 4.69) is 18.7 Å². The number of methoxy groups -OCH3 is 2. The van der Waals surface area contributed by atoms with Gasteiger partial charge in [0, 0.05) is 56.4 Å². The van der Waals surface area contributed by atoms with Gasteiger partial charge in [0.1, 0.15) is 0 Å². The zero-order valence-electron chi connectivity index (χ0n) is 18.2. The van der Waals surface area contributed by atoms with Crippen LogP contribution in [0, 0.1) is 34.5 Å². The third-order valence-corrected chi connectivity index (χ3v) is 11.0. The summed E-state index contributed by atoms with van der Waals surface area (Å²) < 4.78 is 11.8. The average molecular weight is 408 g/mol. The minimum atomic E-state index is -1.13. The maximum atomic E-state index is 12.7. The second-order valence-corrected chi connectivity index (χ2v) is 11.5. The molecule has 6 aliphatic rings. The minimum absolute atomic E-state index is 0.0268. The van der Waals surface area contributed by atoms with Gasteiger partial charge in [-0.15, -0.1) is 0 Å². The number of fused-ring (bicyclic) bond motifs is 2. The van der Waals surface area contributed by atoms with Gasteiger partial charge < -0.3 is 24.8 Å². The summed E-state index contributed by atoms with van der Waals surface area (Å²) >= 11 is 0. The fraction of sp³-hybridized carbons (Fsp3) is 1.00. The molecule has 1 aliphatic heterocycles. The number of piperidine rings is 1. The summed E-state index contributed by atoms with van der Waals surface area (Å²) in [6, 6.07) is 0.0268. The van der Waals surface area contributed by atoms with Crippen LogP contribution in [-0.4, -0.2) is 83.1 Å². The molecule has 6 rings (SSSR count). The number of likely N-dealkylation sites (tertiary alicyclic amines) is 1. The third kappa shape index (κ3) is 1.78. The molecular formula is C23H37NO5. The van der Waals surface area contributed by atoms with Crippen LogP contribution in [0.25, 0.3) is 0 Å². The quantitative estimate of drug-likeness (QED) is 0.648. The van der Waals surface area contributed by atoms with E-state index in [-0.39, 0.29) is 47.3 Å².